The molecular formula is C13H16FN5. The summed E-state index contributed by atoms with van der Waals surface area (Å²) in [5, 5.41) is 10.4. The summed E-state index contributed by atoms with van der Waals surface area (Å²) in [7, 11) is 0. The van der Waals surface area contributed by atoms with E-state index < -0.39 is 0 Å². The zero-order chi connectivity index (χ0) is 13.2. The van der Waals surface area contributed by atoms with Crippen LogP contribution in [0.25, 0.3) is 11.4 Å². The molecule has 0 unspecified atom stereocenters. The van der Waals surface area contributed by atoms with Crippen LogP contribution in [0.1, 0.15) is 5.56 Å². The Labute approximate surface area is 110 Å². The number of aryl methyl sites for hydroxylation is 1. The van der Waals surface area contributed by atoms with Gasteiger partial charge < -0.3 is 10.2 Å². The Morgan fingerprint density at radius 3 is 2.79 bits per heavy atom. The van der Waals surface area contributed by atoms with Crippen LogP contribution >= 0.6 is 0 Å². The number of hydrogen-bond acceptors (Lipinski definition) is 4. The summed E-state index contributed by atoms with van der Waals surface area (Å²) in [5.41, 5.74) is 1.46. The summed E-state index contributed by atoms with van der Waals surface area (Å²) < 4.78 is 13.2. The second-order valence-electron chi connectivity index (χ2n) is 4.69. The maximum Gasteiger partial charge on any atom is 0.245 e. The van der Waals surface area contributed by atoms with Crippen molar-refractivity contribution in [3.05, 3.63) is 29.6 Å². The average molecular weight is 261 g/mol. The lowest BCUT2D eigenvalue weighted by Gasteiger charge is -2.25. The molecule has 0 spiro atoms. The van der Waals surface area contributed by atoms with E-state index in [9.17, 15) is 4.39 Å². The normalized spacial score (nSPS) is 15.8. The third-order valence-corrected chi connectivity index (χ3v) is 3.30. The Kier molecular flexibility index (Phi) is 3.16. The van der Waals surface area contributed by atoms with Crippen LogP contribution in [0.2, 0.25) is 0 Å². The van der Waals surface area contributed by atoms with Crippen molar-refractivity contribution in [3.63, 3.8) is 0 Å². The first-order valence-corrected chi connectivity index (χ1v) is 6.38. The zero-order valence-electron chi connectivity index (χ0n) is 10.8. The van der Waals surface area contributed by atoms with E-state index in [0.29, 0.717) is 17.3 Å². The average Bonchev–Trinajstić information content (AvgIpc) is 2.93. The van der Waals surface area contributed by atoms with Crippen molar-refractivity contribution in [1.82, 2.24) is 20.5 Å². The van der Waals surface area contributed by atoms with Gasteiger partial charge in [0.05, 0.1) is 0 Å². The second-order valence-corrected chi connectivity index (χ2v) is 4.69. The van der Waals surface area contributed by atoms with E-state index in [1.54, 1.807) is 19.1 Å². The molecule has 1 aromatic heterocycles. The van der Waals surface area contributed by atoms with Gasteiger partial charge in [0.15, 0.2) is 5.82 Å². The van der Waals surface area contributed by atoms with Crippen LogP contribution in [0, 0.1) is 12.7 Å². The van der Waals surface area contributed by atoms with E-state index in [0.717, 1.165) is 31.7 Å². The van der Waals surface area contributed by atoms with Crippen molar-refractivity contribution in [1.29, 1.82) is 0 Å². The third-order valence-electron chi connectivity index (χ3n) is 3.30. The molecule has 3 rings (SSSR count). The standard InChI is InChI=1S/C13H16FN5/c1-9-8-10(2-3-11(9)14)12-16-13(18-17-12)19-6-4-15-5-7-19/h2-3,8,15H,4-7H2,1H3,(H,16,17,18). The summed E-state index contributed by atoms with van der Waals surface area (Å²) >= 11 is 0. The fourth-order valence-corrected chi connectivity index (χ4v) is 2.18. The molecule has 2 N–H and O–H groups in total. The van der Waals surface area contributed by atoms with Gasteiger partial charge in [-0.3, -0.25) is 5.10 Å². The zero-order valence-corrected chi connectivity index (χ0v) is 10.8. The predicted molar refractivity (Wildman–Crippen MR) is 71.6 cm³/mol. The number of rotatable bonds is 2. The molecule has 1 saturated heterocycles. The minimum Gasteiger partial charge on any atom is -0.337 e. The number of benzene rings is 1. The fraction of sp³-hybridized carbons (Fsp3) is 0.385. The number of anilines is 1. The van der Waals surface area contributed by atoms with E-state index in [1.807, 2.05) is 0 Å². The number of H-pyrrole nitrogens is 1. The number of aromatic amines is 1. The smallest absolute Gasteiger partial charge is 0.245 e. The van der Waals surface area contributed by atoms with Crippen molar-refractivity contribution in [2.24, 2.45) is 0 Å². The summed E-state index contributed by atoms with van der Waals surface area (Å²) in [4.78, 5) is 6.62. The van der Waals surface area contributed by atoms with Crippen LogP contribution in [0.15, 0.2) is 18.2 Å². The number of piperazine rings is 1. The monoisotopic (exact) mass is 261 g/mol. The lowest BCUT2D eigenvalue weighted by molar-refractivity contribution is 0.580. The van der Waals surface area contributed by atoms with Crippen LogP contribution in [0.3, 0.4) is 0 Å². The van der Waals surface area contributed by atoms with E-state index in [2.05, 4.69) is 25.4 Å². The van der Waals surface area contributed by atoms with Gasteiger partial charge in [0, 0.05) is 31.7 Å². The summed E-state index contributed by atoms with van der Waals surface area (Å²) in [6.45, 7) is 5.44. The highest BCUT2D eigenvalue weighted by molar-refractivity contribution is 5.57. The van der Waals surface area contributed by atoms with Gasteiger partial charge in [0.1, 0.15) is 5.82 Å². The van der Waals surface area contributed by atoms with Gasteiger partial charge in [0.25, 0.3) is 0 Å². The first-order chi connectivity index (χ1) is 9.24. The third kappa shape index (κ3) is 2.44. The van der Waals surface area contributed by atoms with E-state index in [-0.39, 0.29) is 5.82 Å². The maximum absolute atomic E-state index is 13.2. The Hall–Kier alpha value is -1.95. The van der Waals surface area contributed by atoms with Gasteiger partial charge >= 0.3 is 0 Å². The molecule has 1 fully saturated rings. The first kappa shape index (κ1) is 12.1. The quantitative estimate of drug-likeness (QED) is 0.856. The van der Waals surface area contributed by atoms with E-state index >= 15 is 0 Å². The highest BCUT2D eigenvalue weighted by atomic mass is 19.1. The summed E-state index contributed by atoms with van der Waals surface area (Å²) in [6, 6.07) is 4.94. The maximum atomic E-state index is 13.2. The van der Waals surface area contributed by atoms with Crippen molar-refractivity contribution in [2.45, 2.75) is 6.92 Å². The molecule has 100 valence electrons. The van der Waals surface area contributed by atoms with Crippen LogP contribution in [-0.4, -0.2) is 41.4 Å². The molecule has 0 radical (unpaired) electrons. The van der Waals surface area contributed by atoms with Crippen molar-refractivity contribution >= 4 is 5.95 Å². The van der Waals surface area contributed by atoms with Gasteiger partial charge in [-0.1, -0.05) is 0 Å². The van der Waals surface area contributed by atoms with E-state index in [4.69, 9.17) is 0 Å². The molecule has 1 aliphatic heterocycles. The minimum absolute atomic E-state index is 0.203. The van der Waals surface area contributed by atoms with Crippen LogP contribution in [0.5, 0.6) is 0 Å². The number of nitrogens with one attached hydrogen (secondary N) is 2. The largest absolute Gasteiger partial charge is 0.337 e. The predicted octanol–water partition coefficient (Wildman–Crippen LogP) is 1.33. The minimum atomic E-state index is -0.203. The van der Waals surface area contributed by atoms with Gasteiger partial charge in [-0.15, -0.1) is 5.10 Å². The second kappa shape index (κ2) is 4.97. The molecule has 2 heterocycles. The first-order valence-electron chi connectivity index (χ1n) is 6.38. The Morgan fingerprint density at radius 2 is 2.05 bits per heavy atom. The highest BCUT2D eigenvalue weighted by Crippen LogP contribution is 2.20. The van der Waals surface area contributed by atoms with Crippen LogP contribution < -0.4 is 10.2 Å². The Balaban J connectivity index is 1.85. The van der Waals surface area contributed by atoms with E-state index in [1.165, 1.54) is 6.07 Å². The van der Waals surface area contributed by atoms with Crippen molar-refractivity contribution < 1.29 is 4.39 Å². The van der Waals surface area contributed by atoms with Gasteiger partial charge in [-0.25, -0.2) is 4.39 Å². The summed E-state index contributed by atoms with van der Waals surface area (Å²) in [6.07, 6.45) is 0. The van der Waals surface area contributed by atoms with Crippen LogP contribution in [-0.2, 0) is 0 Å². The highest BCUT2D eigenvalue weighted by Gasteiger charge is 2.15. The molecule has 0 bridgehead atoms. The van der Waals surface area contributed by atoms with Crippen molar-refractivity contribution in [3.8, 4) is 11.4 Å². The van der Waals surface area contributed by atoms with Gasteiger partial charge in [-0.2, -0.15) is 4.98 Å². The number of hydrogen-bond donors (Lipinski definition) is 2. The van der Waals surface area contributed by atoms with Crippen molar-refractivity contribution in [2.75, 3.05) is 31.1 Å². The molecule has 0 amide bonds. The number of nitrogens with zero attached hydrogens (tertiary/aromatic N) is 3. The molecule has 1 aliphatic rings. The molecule has 1 aromatic carbocycles. The molecule has 0 saturated carbocycles. The topological polar surface area (TPSA) is 56.8 Å². The molecule has 2 aromatic rings. The molecule has 6 heteroatoms. The van der Waals surface area contributed by atoms with Gasteiger partial charge in [-0.05, 0) is 30.7 Å². The number of aromatic nitrogens is 3. The molecule has 0 aliphatic carbocycles. The molecular weight excluding hydrogens is 245 g/mol. The Bertz CT molecular complexity index is 574. The van der Waals surface area contributed by atoms with Gasteiger partial charge in [0.2, 0.25) is 5.95 Å². The lowest BCUT2D eigenvalue weighted by atomic mass is 10.1. The molecule has 19 heavy (non-hydrogen) atoms. The fourth-order valence-electron chi connectivity index (χ4n) is 2.18. The summed E-state index contributed by atoms with van der Waals surface area (Å²) in [5.74, 6) is 1.18. The van der Waals surface area contributed by atoms with Crippen LogP contribution in [0.4, 0.5) is 10.3 Å². The number of halogens is 1. The lowest BCUT2D eigenvalue weighted by Crippen LogP contribution is -2.44. The Morgan fingerprint density at radius 1 is 1.26 bits per heavy atom. The SMILES string of the molecule is Cc1cc(-c2nc(N3CCNCC3)n[nH]2)ccc1F. The molecule has 0 atom stereocenters. The molecule has 5 nitrogen and oxygen atoms in total.